The summed E-state index contributed by atoms with van der Waals surface area (Å²) in [5.74, 6) is 0. The van der Waals surface area contributed by atoms with E-state index in [4.69, 9.17) is 0 Å². The van der Waals surface area contributed by atoms with E-state index in [1.807, 2.05) is 0 Å². The van der Waals surface area contributed by atoms with Gasteiger partial charge in [0.05, 0.1) is 0 Å². The van der Waals surface area contributed by atoms with Crippen molar-refractivity contribution in [2.45, 2.75) is 0 Å². The Hall–Kier alpha value is 1.55. The quantitative estimate of drug-likeness (QED) is 0.448. The van der Waals surface area contributed by atoms with Gasteiger partial charge in [0.1, 0.15) is 0 Å². The van der Waals surface area contributed by atoms with Crippen molar-refractivity contribution < 1.29 is 21.1 Å². The molecule has 0 spiro atoms. The standard InChI is InChI=1S/2C3H9P.2CH3.Pt/c2*1-4(2)3;;;/h2*1-3H3;2*1H3;/q;;2*-1;+2/p+2. The molecule has 0 nitrogen and oxygen atoms in total. The molecule has 0 aromatic rings. The summed E-state index contributed by atoms with van der Waals surface area (Å²) in [5.41, 5.74) is 0. The second kappa shape index (κ2) is 22.6. The van der Waals surface area contributed by atoms with Crippen LogP contribution in [0.15, 0.2) is 0 Å². The average molecular weight is 379 g/mol. The van der Waals surface area contributed by atoms with Gasteiger partial charge in [0.15, 0.2) is 0 Å². The van der Waals surface area contributed by atoms with Gasteiger partial charge in [-0.05, 0) is 15.8 Å². The van der Waals surface area contributed by atoms with Crippen LogP contribution in [0, 0.1) is 14.9 Å². The van der Waals surface area contributed by atoms with Crippen molar-refractivity contribution in [3.05, 3.63) is 14.9 Å². The van der Waals surface area contributed by atoms with Gasteiger partial charge in [-0.2, -0.15) is 0 Å². The van der Waals surface area contributed by atoms with E-state index in [0.717, 1.165) is 0 Å². The van der Waals surface area contributed by atoms with Crippen LogP contribution in [0.25, 0.3) is 0 Å². The Kier molecular flexibility index (Phi) is 60.2. The molecule has 0 fully saturated rings. The Labute approximate surface area is 91.7 Å². The molecule has 0 unspecified atom stereocenters. The predicted octanol–water partition coefficient (Wildman–Crippen LogP) is 3.08. The molecule has 0 N–H and O–H groups in total. The third kappa shape index (κ3) is 439. The molecule has 0 heterocycles. The third-order valence-electron chi connectivity index (χ3n) is 0. The molecule has 0 aromatic carbocycles. The molecule has 0 radical (unpaired) electrons. The monoisotopic (exact) mass is 379 g/mol. The molecular weight excluding hydrogens is 353 g/mol. The van der Waals surface area contributed by atoms with Crippen LogP contribution in [0.2, 0.25) is 0 Å². The van der Waals surface area contributed by atoms with Gasteiger partial charge >= 0.3 is 21.1 Å². The first-order valence-corrected chi connectivity index (χ1v) is 9.00. The van der Waals surface area contributed by atoms with Gasteiger partial charge in [0.25, 0.3) is 0 Å². The van der Waals surface area contributed by atoms with Gasteiger partial charge in [-0.25, -0.2) is 0 Å². The van der Waals surface area contributed by atoms with Crippen LogP contribution in [-0.2, 0) is 21.1 Å². The van der Waals surface area contributed by atoms with E-state index < -0.39 is 0 Å². The van der Waals surface area contributed by atoms with Crippen molar-refractivity contribution >= 4 is 15.8 Å². The SMILES string of the molecule is C[PH+](C)C.C[PH+](C)C.[CH3-].[CH3-].[Pt+2]. The largest absolute Gasteiger partial charge is 2.00 e. The van der Waals surface area contributed by atoms with Gasteiger partial charge in [0.2, 0.25) is 0 Å². The first kappa shape index (κ1) is 29.4. The van der Waals surface area contributed by atoms with Crippen molar-refractivity contribution in [1.29, 1.82) is 0 Å². The van der Waals surface area contributed by atoms with Crippen molar-refractivity contribution in [2.24, 2.45) is 0 Å². The summed E-state index contributed by atoms with van der Waals surface area (Å²) >= 11 is 0. The van der Waals surface area contributed by atoms with Crippen molar-refractivity contribution in [1.82, 2.24) is 0 Å². The van der Waals surface area contributed by atoms with Crippen LogP contribution < -0.4 is 0 Å². The predicted molar refractivity (Wildman–Crippen MR) is 65.0 cm³/mol. The molecule has 76 valence electrons. The normalized spacial score (nSPS) is 6.55. The summed E-state index contributed by atoms with van der Waals surface area (Å²) in [5, 5.41) is 0. The first-order chi connectivity index (χ1) is 3.46. The van der Waals surface area contributed by atoms with Gasteiger partial charge in [-0.3, -0.25) is 0 Å². The van der Waals surface area contributed by atoms with Gasteiger partial charge < -0.3 is 14.9 Å². The van der Waals surface area contributed by atoms with Crippen LogP contribution in [0.4, 0.5) is 0 Å². The van der Waals surface area contributed by atoms with Crippen molar-refractivity contribution in [2.75, 3.05) is 40.0 Å². The van der Waals surface area contributed by atoms with Crippen LogP contribution in [0.1, 0.15) is 0 Å². The van der Waals surface area contributed by atoms with E-state index in [1.54, 1.807) is 0 Å². The zero-order chi connectivity index (χ0) is 7.15. The number of hydrogen-bond donors (Lipinski definition) is 0. The van der Waals surface area contributed by atoms with E-state index in [-0.39, 0.29) is 51.8 Å². The maximum atomic E-state index is 2.27. The summed E-state index contributed by atoms with van der Waals surface area (Å²) < 4.78 is 0. The van der Waals surface area contributed by atoms with Gasteiger partial charge in [-0.1, -0.05) is 0 Å². The molecule has 0 atom stereocenters. The average Bonchev–Trinajstić information content (AvgIpc) is 1.25. The van der Waals surface area contributed by atoms with E-state index in [2.05, 4.69) is 40.0 Å². The molecule has 0 amide bonds. The fraction of sp³-hybridized carbons (Fsp3) is 0.750. The first-order valence-electron chi connectivity index (χ1n) is 3.00. The van der Waals surface area contributed by atoms with E-state index in [9.17, 15) is 0 Å². The fourth-order valence-corrected chi connectivity index (χ4v) is 0. The van der Waals surface area contributed by atoms with Crippen molar-refractivity contribution in [3.8, 4) is 0 Å². The summed E-state index contributed by atoms with van der Waals surface area (Å²) in [6.07, 6.45) is 0. The zero-order valence-corrected chi connectivity index (χ0v) is 13.6. The summed E-state index contributed by atoms with van der Waals surface area (Å²) in [4.78, 5) is 0. The van der Waals surface area contributed by atoms with Crippen LogP contribution in [0.3, 0.4) is 0 Å². The summed E-state index contributed by atoms with van der Waals surface area (Å²) in [6, 6.07) is 0. The Morgan fingerprint density at radius 1 is 0.545 bits per heavy atom. The Bertz CT molecular complexity index is 27.6. The van der Waals surface area contributed by atoms with Crippen LogP contribution in [0.5, 0.6) is 0 Å². The Morgan fingerprint density at radius 3 is 0.545 bits per heavy atom. The van der Waals surface area contributed by atoms with Gasteiger partial charge in [0, 0.05) is 40.0 Å². The Morgan fingerprint density at radius 2 is 0.545 bits per heavy atom. The molecule has 0 aliphatic heterocycles. The molecule has 0 rings (SSSR count). The minimum absolute atomic E-state index is 0. The van der Waals surface area contributed by atoms with Gasteiger partial charge in [-0.15, -0.1) is 0 Å². The number of rotatable bonds is 0. The van der Waals surface area contributed by atoms with Crippen molar-refractivity contribution in [3.63, 3.8) is 0 Å². The number of hydrogen-bond acceptors (Lipinski definition) is 0. The molecule has 0 saturated carbocycles. The molecule has 0 bridgehead atoms. The molecular formula is C8H26P2Pt+2. The maximum Gasteiger partial charge on any atom is 2.00 e. The molecule has 3 heteroatoms. The molecule has 11 heavy (non-hydrogen) atoms. The summed E-state index contributed by atoms with van der Waals surface area (Å²) in [6.45, 7) is 13.6. The second-order valence-electron chi connectivity index (χ2n) is 3.00. The maximum absolute atomic E-state index is 2.27. The molecule has 0 aromatic heterocycles. The van der Waals surface area contributed by atoms with E-state index in [1.165, 1.54) is 0 Å². The van der Waals surface area contributed by atoms with Crippen LogP contribution in [-0.4, -0.2) is 40.0 Å². The Balaban J connectivity index is -0.0000000171. The molecule has 0 aliphatic carbocycles. The minimum atomic E-state index is 0. The third-order valence-corrected chi connectivity index (χ3v) is 0. The second-order valence-corrected chi connectivity index (χ2v) is 9.00. The van der Waals surface area contributed by atoms with Crippen LogP contribution >= 0.6 is 15.8 Å². The zero-order valence-electron chi connectivity index (χ0n) is 9.32. The smallest absolute Gasteiger partial charge is 0.358 e. The molecule has 0 aliphatic rings. The summed E-state index contributed by atoms with van der Waals surface area (Å²) in [7, 11) is 0.241. The topological polar surface area (TPSA) is 0 Å². The molecule has 0 saturated heterocycles. The fourth-order valence-electron chi connectivity index (χ4n) is 0. The van der Waals surface area contributed by atoms with E-state index >= 15 is 0 Å². The van der Waals surface area contributed by atoms with E-state index in [0.29, 0.717) is 0 Å². The minimum Gasteiger partial charge on any atom is -0.358 e.